The van der Waals surface area contributed by atoms with Crippen LogP contribution in [0.15, 0.2) is 0 Å². The van der Waals surface area contributed by atoms with Crippen LogP contribution < -0.4 is 5.32 Å². The minimum absolute atomic E-state index is 0.323. The summed E-state index contributed by atoms with van der Waals surface area (Å²) in [6.45, 7) is 4.14. The van der Waals surface area contributed by atoms with Crippen LogP contribution in [0, 0.1) is 0 Å². The first-order chi connectivity index (χ1) is 4.33. The topological polar surface area (TPSA) is 21.3 Å². The lowest BCUT2D eigenvalue weighted by Gasteiger charge is -2.27. The highest BCUT2D eigenvalue weighted by Crippen LogP contribution is 2.10. The van der Waals surface area contributed by atoms with Crippen LogP contribution in [0.4, 0.5) is 0 Å². The van der Waals surface area contributed by atoms with E-state index in [0.29, 0.717) is 11.9 Å². The summed E-state index contributed by atoms with van der Waals surface area (Å²) in [7, 11) is 2.67. The zero-order valence-electron chi connectivity index (χ0n) is 5.76. The lowest BCUT2D eigenvalue weighted by Crippen LogP contribution is -2.41. The average molecular weight is 147 g/mol. The average Bonchev–Trinajstić information content (AvgIpc) is 1.88. The van der Waals surface area contributed by atoms with Gasteiger partial charge in [0, 0.05) is 13.1 Å². The Morgan fingerprint density at radius 2 is 2.44 bits per heavy atom. The molecule has 2 nitrogen and oxygen atoms in total. The molecular formula is C6H14NOP. The van der Waals surface area contributed by atoms with Crippen molar-refractivity contribution in [2.45, 2.75) is 25.3 Å². The second kappa shape index (κ2) is 3.50. The Labute approximate surface area is 58.6 Å². The van der Waals surface area contributed by atoms with Gasteiger partial charge in [-0.25, -0.2) is 0 Å². The molecule has 1 saturated heterocycles. The van der Waals surface area contributed by atoms with E-state index in [1.54, 1.807) is 0 Å². The minimum atomic E-state index is 0.323. The maximum Gasteiger partial charge on any atom is 0.0836 e. The van der Waals surface area contributed by atoms with E-state index in [9.17, 15) is 0 Å². The number of ether oxygens (including phenoxy) is 1. The highest BCUT2D eigenvalue weighted by Gasteiger charge is 2.15. The van der Waals surface area contributed by atoms with E-state index in [-0.39, 0.29) is 0 Å². The summed E-state index contributed by atoms with van der Waals surface area (Å²) in [5.41, 5.74) is 0. The van der Waals surface area contributed by atoms with Gasteiger partial charge in [0.25, 0.3) is 0 Å². The van der Waals surface area contributed by atoms with Gasteiger partial charge in [0.05, 0.1) is 11.9 Å². The molecule has 3 unspecified atom stereocenters. The van der Waals surface area contributed by atoms with Crippen LogP contribution >= 0.6 is 9.24 Å². The molecule has 0 saturated carbocycles. The first kappa shape index (κ1) is 7.46. The van der Waals surface area contributed by atoms with Crippen molar-refractivity contribution in [3.05, 3.63) is 0 Å². The summed E-state index contributed by atoms with van der Waals surface area (Å²) in [6.07, 6.45) is 1.54. The van der Waals surface area contributed by atoms with Crippen LogP contribution in [-0.4, -0.2) is 25.0 Å². The Morgan fingerprint density at radius 3 is 2.89 bits per heavy atom. The lowest BCUT2D eigenvalue weighted by molar-refractivity contribution is 0.00665. The van der Waals surface area contributed by atoms with Crippen molar-refractivity contribution in [2.24, 2.45) is 0 Å². The van der Waals surface area contributed by atoms with E-state index in [0.717, 1.165) is 19.5 Å². The third-order valence-corrected chi connectivity index (χ3v) is 1.93. The maximum atomic E-state index is 5.54. The van der Waals surface area contributed by atoms with E-state index in [2.05, 4.69) is 21.5 Å². The summed E-state index contributed by atoms with van der Waals surface area (Å²) >= 11 is 0. The fourth-order valence-electron chi connectivity index (χ4n) is 0.971. The summed E-state index contributed by atoms with van der Waals surface area (Å²) in [6, 6.07) is 0. The van der Waals surface area contributed by atoms with Crippen LogP contribution in [0.2, 0.25) is 0 Å². The summed E-state index contributed by atoms with van der Waals surface area (Å²) in [5, 5.41) is 3.29. The summed E-state index contributed by atoms with van der Waals surface area (Å²) in [4.78, 5) is 0. The van der Waals surface area contributed by atoms with Crippen LogP contribution in [-0.2, 0) is 4.74 Å². The highest BCUT2D eigenvalue weighted by molar-refractivity contribution is 7.17. The predicted molar refractivity (Wildman–Crippen MR) is 41.5 cm³/mol. The highest BCUT2D eigenvalue weighted by atomic mass is 31.0. The molecule has 3 heteroatoms. The van der Waals surface area contributed by atoms with E-state index in [4.69, 9.17) is 4.74 Å². The van der Waals surface area contributed by atoms with Crippen molar-refractivity contribution in [1.29, 1.82) is 0 Å². The number of hydrogen-bond donors (Lipinski definition) is 1. The lowest BCUT2D eigenvalue weighted by atomic mass is 10.2. The van der Waals surface area contributed by atoms with Gasteiger partial charge in [-0.1, -0.05) is 6.92 Å². The molecule has 0 aliphatic carbocycles. The monoisotopic (exact) mass is 147 g/mol. The third kappa shape index (κ3) is 2.21. The third-order valence-electron chi connectivity index (χ3n) is 1.54. The predicted octanol–water partition coefficient (Wildman–Crippen LogP) is 0.586. The second-order valence-electron chi connectivity index (χ2n) is 2.36. The van der Waals surface area contributed by atoms with Gasteiger partial charge in [-0.3, -0.25) is 0 Å². The fourth-order valence-corrected chi connectivity index (χ4v) is 1.36. The number of rotatable bonds is 1. The molecule has 1 fully saturated rings. The minimum Gasteiger partial charge on any atom is -0.368 e. The first-order valence-corrected chi connectivity index (χ1v) is 4.11. The van der Waals surface area contributed by atoms with Crippen LogP contribution in [0.1, 0.15) is 13.3 Å². The van der Waals surface area contributed by atoms with Gasteiger partial charge < -0.3 is 10.1 Å². The molecule has 0 aromatic heterocycles. The van der Waals surface area contributed by atoms with Crippen LogP contribution in [0.5, 0.6) is 0 Å². The van der Waals surface area contributed by atoms with E-state index in [1.807, 2.05) is 0 Å². The molecule has 3 atom stereocenters. The molecule has 0 bridgehead atoms. The Kier molecular flexibility index (Phi) is 2.90. The van der Waals surface area contributed by atoms with Gasteiger partial charge in [0.1, 0.15) is 0 Å². The number of morpholine rings is 1. The molecule has 1 aliphatic rings. The normalized spacial score (nSPS) is 36.7. The van der Waals surface area contributed by atoms with Crippen molar-refractivity contribution < 1.29 is 4.74 Å². The zero-order chi connectivity index (χ0) is 6.69. The molecular weight excluding hydrogens is 133 g/mol. The Bertz CT molecular complexity index is 89.1. The molecule has 0 aromatic carbocycles. The Hall–Kier alpha value is 0.350. The van der Waals surface area contributed by atoms with Crippen molar-refractivity contribution >= 4 is 9.24 Å². The van der Waals surface area contributed by atoms with E-state index < -0.39 is 0 Å². The van der Waals surface area contributed by atoms with Crippen molar-refractivity contribution in [1.82, 2.24) is 5.32 Å². The smallest absolute Gasteiger partial charge is 0.0836 e. The number of nitrogens with one attached hydrogen (secondary N) is 1. The van der Waals surface area contributed by atoms with Crippen LogP contribution in [0.25, 0.3) is 0 Å². The molecule has 0 amide bonds. The van der Waals surface area contributed by atoms with Gasteiger partial charge in [-0.2, -0.15) is 0 Å². The van der Waals surface area contributed by atoms with Crippen molar-refractivity contribution in [3.63, 3.8) is 0 Å². The van der Waals surface area contributed by atoms with Crippen molar-refractivity contribution in [2.75, 3.05) is 13.1 Å². The van der Waals surface area contributed by atoms with Gasteiger partial charge in [-0.15, -0.1) is 9.24 Å². The van der Waals surface area contributed by atoms with Gasteiger partial charge in [0.2, 0.25) is 0 Å². The molecule has 0 aromatic rings. The number of hydrogen-bond acceptors (Lipinski definition) is 2. The van der Waals surface area contributed by atoms with Gasteiger partial charge in [-0.05, 0) is 6.42 Å². The quantitative estimate of drug-likeness (QED) is 0.548. The summed E-state index contributed by atoms with van der Waals surface area (Å²) in [5.74, 6) is 0.323. The Morgan fingerprint density at radius 1 is 1.67 bits per heavy atom. The largest absolute Gasteiger partial charge is 0.368 e. The molecule has 0 radical (unpaired) electrons. The SMILES string of the molecule is CCC1CNCC(P)O1. The maximum absolute atomic E-state index is 5.54. The summed E-state index contributed by atoms with van der Waals surface area (Å²) < 4.78 is 5.54. The zero-order valence-corrected chi connectivity index (χ0v) is 6.92. The van der Waals surface area contributed by atoms with Crippen molar-refractivity contribution in [3.8, 4) is 0 Å². The first-order valence-electron chi connectivity index (χ1n) is 3.44. The van der Waals surface area contributed by atoms with Gasteiger partial charge in [0.15, 0.2) is 0 Å². The molecule has 1 aliphatic heterocycles. The fraction of sp³-hybridized carbons (Fsp3) is 1.00. The standard InChI is InChI=1S/C6H14NOP/c1-2-5-3-7-4-6(9)8-5/h5-7H,2-4,9H2,1H3. The molecule has 1 heterocycles. The molecule has 54 valence electrons. The molecule has 1 rings (SSSR count). The van der Waals surface area contributed by atoms with Crippen LogP contribution in [0.3, 0.4) is 0 Å². The molecule has 0 spiro atoms. The van der Waals surface area contributed by atoms with E-state index >= 15 is 0 Å². The molecule has 1 N–H and O–H groups in total. The van der Waals surface area contributed by atoms with E-state index in [1.165, 1.54) is 0 Å². The molecule has 9 heavy (non-hydrogen) atoms. The van der Waals surface area contributed by atoms with Gasteiger partial charge >= 0.3 is 0 Å². The Balaban J connectivity index is 2.23. The second-order valence-corrected chi connectivity index (χ2v) is 3.11.